The molecule has 0 saturated carbocycles. The lowest BCUT2D eigenvalue weighted by Crippen LogP contribution is -2.18. The number of hydrogen-bond donors (Lipinski definition) is 0. The summed E-state index contributed by atoms with van der Waals surface area (Å²) in [6.45, 7) is 9.32. The molecule has 4 nitrogen and oxygen atoms in total. The van der Waals surface area contributed by atoms with Gasteiger partial charge >= 0.3 is 11.9 Å². The predicted molar refractivity (Wildman–Crippen MR) is 109 cm³/mol. The van der Waals surface area contributed by atoms with Gasteiger partial charge in [0, 0.05) is 0 Å². The van der Waals surface area contributed by atoms with Gasteiger partial charge in [-0.15, -0.1) is 0 Å². The number of esters is 2. The third kappa shape index (κ3) is 8.77. The molecule has 0 fully saturated rings. The van der Waals surface area contributed by atoms with Crippen LogP contribution in [0.15, 0.2) is 23.3 Å². The first-order valence-corrected chi connectivity index (χ1v) is 10.8. The van der Waals surface area contributed by atoms with Gasteiger partial charge in [-0.1, -0.05) is 78.4 Å². The number of hydrogen-bond acceptors (Lipinski definition) is 4. The van der Waals surface area contributed by atoms with Crippen molar-refractivity contribution in [2.75, 3.05) is 13.2 Å². The summed E-state index contributed by atoms with van der Waals surface area (Å²) in [5.74, 6) is -0.192. The van der Waals surface area contributed by atoms with E-state index in [4.69, 9.17) is 9.47 Å². The molecule has 0 N–H and O–H groups in total. The summed E-state index contributed by atoms with van der Waals surface area (Å²) in [4.78, 5) is 25.2. The van der Waals surface area contributed by atoms with Crippen LogP contribution in [0.5, 0.6) is 0 Å². The van der Waals surface area contributed by atoms with Crippen LogP contribution in [0.4, 0.5) is 0 Å². The number of carbonyl (C=O) groups is 2. The zero-order valence-electron chi connectivity index (χ0n) is 17.7. The Kier molecular flexibility index (Phi) is 11.8. The van der Waals surface area contributed by atoms with Crippen LogP contribution in [0.2, 0.25) is 0 Å². The maximum atomic E-state index is 12.6. The quantitative estimate of drug-likeness (QED) is 0.320. The van der Waals surface area contributed by atoms with Gasteiger partial charge < -0.3 is 9.47 Å². The third-order valence-electron chi connectivity index (χ3n) is 5.24. The number of rotatable bonds is 12. The van der Waals surface area contributed by atoms with Crippen LogP contribution in [0, 0.1) is 11.8 Å². The maximum Gasteiger partial charge on any atom is 0.338 e. The van der Waals surface area contributed by atoms with E-state index in [-0.39, 0.29) is 11.9 Å². The van der Waals surface area contributed by atoms with Crippen molar-refractivity contribution in [2.45, 2.75) is 85.5 Å². The molecule has 0 heterocycles. The fraction of sp³-hybridized carbons (Fsp3) is 0.739. The molecule has 154 valence electrons. The van der Waals surface area contributed by atoms with E-state index >= 15 is 0 Å². The van der Waals surface area contributed by atoms with Crippen molar-refractivity contribution in [3.8, 4) is 0 Å². The highest BCUT2D eigenvalue weighted by atomic mass is 16.5. The standard InChI is InChI=1S/C23H38O4/c1-5-7-9-11-15-26-22(24)20-14-13-18(3)19(4)17-21(20)23(25)27-16-12-10-8-6-2/h13-14,18-19H,5-12,15-17H2,1-4H3. The van der Waals surface area contributed by atoms with Gasteiger partial charge in [0.15, 0.2) is 0 Å². The Balaban J connectivity index is 2.75. The van der Waals surface area contributed by atoms with Crippen LogP contribution >= 0.6 is 0 Å². The molecule has 4 heteroatoms. The highest BCUT2D eigenvalue weighted by molar-refractivity contribution is 6.02. The molecule has 27 heavy (non-hydrogen) atoms. The molecule has 0 bridgehead atoms. The Labute approximate surface area is 165 Å². The monoisotopic (exact) mass is 378 g/mol. The van der Waals surface area contributed by atoms with E-state index < -0.39 is 5.97 Å². The summed E-state index contributed by atoms with van der Waals surface area (Å²) in [6.07, 6.45) is 12.7. The summed E-state index contributed by atoms with van der Waals surface area (Å²) >= 11 is 0. The van der Waals surface area contributed by atoms with Crippen LogP contribution in [0.25, 0.3) is 0 Å². The van der Waals surface area contributed by atoms with Crippen LogP contribution < -0.4 is 0 Å². The predicted octanol–water partition coefficient (Wildman–Crippen LogP) is 5.76. The summed E-state index contributed by atoms with van der Waals surface area (Å²) < 4.78 is 10.9. The Morgan fingerprint density at radius 1 is 0.889 bits per heavy atom. The van der Waals surface area contributed by atoms with Gasteiger partial charge in [-0.2, -0.15) is 0 Å². The van der Waals surface area contributed by atoms with Gasteiger partial charge in [0.05, 0.1) is 24.4 Å². The minimum Gasteiger partial charge on any atom is -0.462 e. The first-order valence-electron chi connectivity index (χ1n) is 10.8. The molecule has 0 aliphatic heterocycles. The first kappa shape index (κ1) is 23.5. The summed E-state index contributed by atoms with van der Waals surface area (Å²) in [5, 5.41) is 0. The summed E-state index contributed by atoms with van der Waals surface area (Å²) in [5.41, 5.74) is 0.845. The first-order chi connectivity index (χ1) is 13.0. The van der Waals surface area contributed by atoms with Crippen molar-refractivity contribution in [2.24, 2.45) is 11.8 Å². The van der Waals surface area contributed by atoms with Crippen LogP contribution in [-0.2, 0) is 19.1 Å². The molecule has 0 saturated heterocycles. The second-order valence-electron chi connectivity index (χ2n) is 7.69. The van der Waals surface area contributed by atoms with Crippen LogP contribution in [0.1, 0.15) is 85.5 Å². The van der Waals surface area contributed by atoms with E-state index in [0.717, 1.165) is 51.4 Å². The molecule has 0 aromatic rings. The number of ether oxygens (including phenoxy) is 2. The van der Waals surface area contributed by atoms with Crippen LogP contribution in [0.3, 0.4) is 0 Å². The largest absolute Gasteiger partial charge is 0.462 e. The molecular weight excluding hydrogens is 340 g/mol. The van der Waals surface area contributed by atoms with E-state index in [9.17, 15) is 9.59 Å². The van der Waals surface area contributed by atoms with E-state index in [0.29, 0.717) is 36.7 Å². The second kappa shape index (κ2) is 13.6. The zero-order chi connectivity index (χ0) is 20.1. The van der Waals surface area contributed by atoms with Crippen molar-refractivity contribution in [1.29, 1.82) is 0 Å². The number of carbonyl (C=O) groups excluding carboxylic acids is 2. The third-order valence-corrected chi connectivity index (χ3v) is 5.24. The molecule has 0 spiro atoms. The molecule has 0 amide bonds. The topological polar surface area (TPSA) is 52.6 Å². The van der Waals surface area contributed by atoms with Gasteiger partial charge in [-0.05, 0) is 31.1 Å². The van der Waals surface area contributed by atoms with Crippen molar-refractivity contribution >= 4 is 11.9 Å². The van der Waals surface area contributed by atoms with Crippen LogP contribution in [-0.4, -0.2) is 25.2 Å². The minimum atomic E-state index is -0.401. The Bertz CT molecular complexity index is 518. The maximum absolute atomic E-state index is 12.6. The Hall–Kier alpha value is -1.58. The fourth-order valence-corrected chi connectivity index (χ4v) is 3.09. The molecular formula is C23H38O4. The second-order valence-corrected chi connectivity index (χ2v) is 7.69. The average Bonchev–Trinajstić information content (AvgIpc) is 2.80. The SMILES string of the molecule is CCCCCCOC(=O)C1=C(C(=O)OCCCCCC)CC(C)C(C)C=C1. The highest BCUT2D eigenvalue weighted by Gasteiger charge is 2.27. The van der Waals surface area contributed by atoms with Gasteiger partial charge in [0.25, 0.3) is 0 Å². The lowest BCUT2D eigenvalue weighted by molar-refractivity contribution is -0.142. The van der Waals surface area contributed by atoms with Crippen molar-refractivity contribution in [3.05, 3.63) is 23.3 Å². The van der Waals surface area contributed by atoms with Crippen molar-refractivity contribution in [3.63, 3.8) is 0 Å². The smallest absolute Gasteiger partial charge is 0.338 e. The molecule has 2 unspecified atom stereocenters. The van der Waals surface area contributed by atoms with Gasteiger partial charge in [0.1, 0.15) is 0 Å². The van der Waals surface area contributed by atoms with E-state index in [1.807, 2.05) is 6.08 Å². The molecule has 2 atom stereocenters. The number of allylic oxidation sites excluding steroid dienone is 1. The fourth-order valence-electron chi connectivity index (χ4n) is 3.09. The van der Waals surface area contributed by atoms with E-state index in [1.54, 1.807) is 6.08 Å². The van der Waals surface area contributed by atoms with Gasteiger partial charge in [-0.3, -0.25) is 0 Å². The number of unbranched alkanes of at least 4 members (excludes halogenated alkanes) is 6. The zero-order valence-corrected chi connectivity index (χ0v) is 17.7. The lowest BCUT2D eigenvalue weighted by Gasteiger charge is -2.16. The highest BCUT2D eigenvalue weighted by Crippen LogP contribution is 2.29. The minimum absolute atomic E-state index is 0.277. The Morgan fingerprint density at radius 3 is 2.00 bits per heavy atom. The molecule has 1 rings (SSSR count). The Morgan fingerprint density at radius 2 is 1.44 bits per heavy atom. The summed E-state index contributed by atoms with van der Waals surface area (Å²) in [7, 11) is 0. The van der Waals surface area contributed by atoms with Crippen molar-refractivity contribution in [1.82, 2.24) is 0 Å². The summed E-state index contributed by atoms with van der Waals surface area (Å²) in [6, 6.07) is 0. The van der Waals surface area contributed by atoms with E-state index in [1.165, 1.54) is 0 Å². The molecule has 1 aliphatic carbocycles. The molecule has 0 radical (unpaired) electrons. The van der Waals surface area contributed by atoms with Gasteiger partial charge in [-0.25, -0.2) is 9.59 Å². The molecule has 0 aromatic heterocycles. The molecule has 1 aliphatic rings. The lowest BCUT2D eigenvalue weighted by atomic mass is 9.91. The van der Waals surface area contributed by atoms with E-state index in [2.05, 4.69) is 27.7 Å². The molecule has 0 aromatic carbocycles. The normalized spacial score (nSPS) is 19.7. The van der Waals surface area contributed by atoms with Crippen molar-refractivity contribution < 1.29 is 19.1 Å². The average molecular weight is 379 g/mol. The van der Waals surface area contributed by atoms with Gasteiger partial charge in [0.2, 0.25) is 0 Å².